The van der Waals surface area contributed by atoms with E-state index in [-0.39, 0.29) is 24.8 Å². The van der Waals surface area contributed by atoms with Crippen molar-refractivity contribution in [1.82, 2.24) is 0 Å². The SMILES string of the molecule is Cl.N=C(N)c1cc2cc(CO)ccc2s1. The molecular weight excluding hydrogens is 232 g/mol. The lowest BCUT2D eigenvalue weighted by Crippen LogP contribution is -2.08. The topological polar surface area (TPSA) is 70.1 Å². The lowest BCUT2D eigenvalue weighted by Gasteiger charge is -1.94. The highest BCUT2D eigenvalue weighted by Gasteiger charge is 2.04. The number of nitrogens with one attached hydrogen (secondary N) is 1. The minimum Gasteiger partial charge on any atom is -0.392 e. The Balaban J connectivity index is 0.00000112. The predicted molar refractivity (Wildman–Crippen MR) is 66.0 cm³/mol. The van der Waals surface area contributed by atoms with Crippen molar-refractivity contribution in [2.45, 2.75) is 6.61 Å². The summed E-state index contributed by atoms with van der Waals surface area (Å²) in [5, 5.41) is 17.3. The number of nitrogens with two attached hydrogens (primary N) is 1. The van der Waals surface area contributed by atoms with E-state index in [1.807, 2.05) is 24.3 Å². The first kappa shape index (κ1) is 12.0. The van der Waals surface area contributed by atoms with Crippen molar-refractivity contribution in [2.24, 2.45) is 5.73 Å². The molecule has 2 rings (SSSR count). The summed E-state index contributed by atoms with van der Waals surface area (Å²) in [4.78, 5) is 0.773. The highest BCUT2D eigenvalue weighted by atomic mass is 35.5. The summed E-state index contributed by atoms with van der Waals surface area (Å²) >= 11 is 1.49. The second-order valence-corrected chi connectivity index (χ2v) is 4.14. The molecule has 0 bridgehead atoms. The van der Waals surface area contributed by atoms with E-state index >= 15 is 0 Å². The summed E-state index contributed by atoms with van der Waals surface area (Å²) in [5.74, 6) is 0.0942. The molecule has 2 aromatic rings. The van der Waals surface area contributed by atoms with Gasteiger partial charge in [0.05, 0.1) is 11.5 Å². The molecule has 0 aliphatic heterocycles. The van der Waals surface area contributed by atoms with E-state index in [4.69, 9.17) is 16.2 Å². The molecule has 1 aromatic heterocycles. The normalized spacial score (nSPS) is 9.93. The van der Waals surface area contributed by atoms with Crippen LogP contribution in [0.5, 0.6) is 0 Å². The minimum absolute atomic E-state index is 0. The summed E-state index contributed by atoms with van der Waals surface area (Å²) in [7, 11) is 0. The second kappa shape index (κ2) is 4.61. The second-order valence-electron chi connectivity index (χ2n) is 3.05. The molecule has 0 saturated carbocycles. The summed E-state index contributed by atoms with van der Waals surface area (Å²) in [6.07, 6.45) is 0. The van der Waals surface area contributed by atoms with Gasteiger partial charge in [0.1, 0.15) is 5.84 Å². The third kappa shape index (κ3) is 2.28. The zero-order valence-electron chi connectivity index (χ0n) is 7.86. The number of aliphatic hydroxyl groups is 1. The Bertz CT molecular complexity index is 495. The van der Waals surface area contributed by atoms with Crippen LogP contribution in [0.4, 0.5) is 0 Å². The number of nitrogen functional groups attached to an aromatic ring is 1. The van der Waals surface area contributed by atoms with Crippen LogP contribution in [0.15, 0.2) is 24.3 Å². The molecule has 5 heteroatoms. The fourth-order valence-electron chi connectivity index (χ4n) is 1.32. The molecule has 0 amide bonds. The molecule has 0 radical (unpaired) electrons. The van der Waals surface area contributed by atoms with E-state index in [1.165, 1.54) is 11.3 Å². The van der Waals surface area contributed by atoms with E-state index in [2.05, 4.69) is 0 Å². The van der Waals surface area contributed by atoms with Crippen LogP contribution in [-0.4, -0.2) is 10.9 Å². The van der Waals surface area contributed by atoms with Crippen LogP contribution in [0.3, 0.4) is 0 Å². The third-order valence-electron chi connectivity index (χ3n) is 2.03. The first-order valence-electron chi connectivity index (χ1n) is 4.18. The Morgan fingerprint density at radius 3 is 2.73 bits per heavy atom. The van der Waals surface area contributed by atoms with E-state index in [0.29, 0.717) is 0 Å². The van der Waals surface area contributed by atoms with Gasteiger partial charge in [-0.3, -0.25) is 5.41 Å². The van der Waals surface area contributed by atoms with Crippen molar-refractivity contribution < 1.29 is 5.11 Å². The Morgan fingerprint density at radius 2 is 2.13 bits per heavy atom. The van der Waals surface area contributed by atoms with Crippen LogP contribution >= 0.6 is 23.7 Å². The van der Waals surface area contributed by atoms with E-state index in [9.17, 15) is 0 Å². The molecule has 3 nitrogen and oxygen atoms in total. The van der Waals surface area contributed by atoms with Crippen LogP contribution in [0, 0.1) is 5.41 Å². The maximum atomic E-state index is 8.95. The monoisotopic (exact) mass is 242 g/mol. The molecule has 0 unspecified atom stereocenters. The van der Waals surface area contributed by atoms with Crippen LogP contribution in [0.25, 0.3) is 10.1 Å². The molecular formula is C10H11ClN2OS. The number of benzene rings is 1. The van der Waals surface area contributed by atoms with Gasteiger partial charge >= 0.3 is 0 Å². The Labute approximate surface area is 97.5 Å². The number of fused-ring (bicyclic) bond motifs is 1. The van der Waals surface area contributed by atoms with Crippen molar-refractivity contribution in [3.8, 4) is 0 Å². The van der Waals surface area contributed by atoms with Crippen molar-refractivity contribution in [2.75, 3.05) is 0 Å². The molecule has 0 spiro atoms. The molecule has 0 fully saturated rings. The van der Waals surface area contributed by atoms with Crippen molar-refractivity contribution >= 4 is 39.7 Å². The Hall–Kier alpha value is -1.10. The number of thiophene rings is 1. The molecule has 1 aromatic carbocycles. The van der Waals surface area contributed by atoms with E-state index in [1.54, 1.807) is 0 Å². The molecule has 0 aliphatic carbocycles. The van der Waals surface area contributed by atoms with Crippen LogP contribution in [0.1, 0.15) is 10.4 Å². The van der Waals surface area contributed by atoms with Gasteiger partial charge in [-0.1, -0.05) is 6.07 Å². The zero-order chi connectivity index (χ0) is 10.1. The van der Waals surface area contributed by atoms with Gasteiger partial charge < -0.3 is 10.8 Å². The highest BCUT2D eigenvalue weighted by Crippen LogP contribution is 2.26. The lowest BCUT2D eigenvalue weighted by atomic mass is 10.2. The van der Waals surface area contributed by atoms with Crippen molar-refractivity contribution in [3.63, 3.8) is 0 Å². The molecule has 0 saturated heterocycles. The number of rotatable bonds is 2. The van der Waals surface area contributed by atoms with Crippen molar-refractivity contribution in [1.29, 1.82) is 5.41 Å². The summed E-state index contributed by atoms with van der Waals surface area (Å²) in [6.45, 7) is 0.0428. The van der Waals surface area contributed by atoms with Gasteiger partial charge in [-0.05, 0) is 29.1 Å². The van der Waals surface area contributed by atoms with Gasteiger partial charge in [-0.15, -0.1) is 23.7 Å². The molecule has 4 N–H and O–H groups in total. The first-order valence-corrected chi connectivity index (χ1v) is 5.00. The fraction of sp³-hybridized carbons (Fsp3) is 0.100. The number of amidine groups is 1. The number of hydrogen-bond donors (Lipinski definition) is 3. The van der Waals surface area contributed by atoms with Gasteiger partial charge in [-0.2, -0.15) is 0 Å². The maximum Gasteiger partial charge on any atom is 0.133 e. The quantitative estimate of drug-likeness (QED) is 0.558. The minimum atomic E-state index is 0. The molecule has 15 heavy (non-hydrogen) atoms. The van der Waals surface area contributed by atoms with Gasteiger partial charge in [0.25, 0.3) is 0 Å². The van der Waals surface area contributed by atoms with Crippen molar-refractivity contribution in [3.05, 3.63) is 34.7 Å². The maximum absolute atomic E-state index is 8.95. The number of hydrogen-bond acceptors (Lipinski definition) is 3. The van der Waals surface area contributed by atoms with Gasteiger partial charge in [0, 0.05) is 4.70 Å². The Morgan fingerprint density at radius 1 is 1.40 bits per heavy atom. The largest absolute Gasteiger partial charge is 0.392 e. The van der Waals surface area contributed by atoms with Gasteiger partial charge in [0.15, 0.2) is 0 Å². The van der Waals surface area contributed by atoms with Crippen LogP contribution < -0.4 is 5.73 Å². The summed E-state index contributed by atoms with van der Waals surface area (Å²) in [5.41, 5.74) is 6.27. The lowest BCUT2D eigenvalue weighted by molar-refractivity contribution is 0.282. The number of aliphatic hydroxyl groups excluding tert-OH is 1. The Kier molecular flexibility index (Phi) is 3.68. The third-order valence-corrected chi connectivity index (χ3v) is 3.18. The van der Waals surface area contributed by atoms with Crippen LogP contribution in [-0.2, 0) is 6.61 Å². The molecule has 1 heterocycles. The summed E-state index contributed by atoms with van der Waals surface area (Å²) < 4.78 is 1.09. The van der Waals surface area contributed by atoms with E-state index in [0.717, 1.165) is 20.5 Å². The van der Waals surface area contributed by atoms with E-state index < -0.39 is 0 Å². The molecule has 0 atom stereocenters. The van der Waals surface area contributed by atoms with Crippen LogP contribution in [0.2, 0.25) is 0 Å². The average Bonchev–Trinajstić information content (AvgIpc) is 2.59. The highest BCUT2D eigenvalue weighted by molar-refractivity contribution is 7.20. The van der Waals surface area contributed by atoms with Gasteiger partial charge in [-0.25, -0.2) is 0 Å². The van der Waals surface area contributed by atoms with Gasteiger partial charge in [0.2, 0.25) is 0 Å². The first-order chi connectivity index (χ1) is 6.70. The molecule has 0 aliphatic rings. The smallest absolute Gasteiger partial charge is 0.133 e. The predicted octanol–water partition coefficient (Wildman–Crippen LogP) is 2.10. The fourth-order valence-corrected chi connectivity index (χ4v) is 2.23. The number of halogens is 1. The zero-order valence-corrected chi connectivity index (χ0v) is 9.49. The standard InChI is InChI=1S/C10H10N2OS.ClH/c11-10(12)9-4-7-3-6(5-13)1-2-8(7)14-9;/h1-4,13H,5H2,(H3,11,12);1H. The summed E-state index contributed by atoms with van der Waals surface area (Å²) in [6, 6.07) is 7.61. The average molecular weight is 243 g/mol. The molecule has 80 valence electrons.